The highest BCUT2D eigenvalue weighted by Crippen LogP contribution is 2.39. The van der Waals surface area contributed by atoms with Crippen LogP contribution in [0.5, 0.6) is 0 Å². The van der Waals surface area contributed by atoms with E-state index in [9.17, 15) is 4.79 Å². The Balaban J connectivity index is 2.87. The number of hydrogen-bond acceptors (Lipinski definition) is 4. The predicted molar refractivity (Wildman–Crippen MR) is 119 cm³/mol. The fourth-order valence-corrected chi connectivity index (χ4v) is 4.47. The van der Waals surface area contributed by atoms with Gasteiger partial charge in [0.25, 0.3) is 0 Å². The van der Waals surface area contributed by atoms with Crippen molar-refractivity contribution in [1.29, 1.82) is 0 Å². The first-order valence-corrected chi connectivity index (χ1v) is 14.1. The number of rotatable bonds is 9. The molecule has 0 amide bonds. The molecule has 0 aromatic heterocycles. The van der Waals surface area contributed by atoms with Crippen molar-refractivity contribution in [3.63, 3.8) is 0 Å². The van der Waals surface area contributed by atoms with Crippen LogP contribution in [0.2, 0.25) is 18.1 Å². The minimum absolute atomic E-state index is 0.00359. The van der Waals surface area contributed by atoms with E-state index in [4.69, 9.17) is 15.6 Å². The molecule has 0 radical (unpaired) electrons. The molecule has 0 heterocycles. The van der Waals surface area contributed by atoms with E-state index in [2.05, 4.69) is 58.9 Å². The molecule has 0 fully saturated rings. The van der Waals surface area contributed by atoms with E-state index >= 15 is 0 Å². The van der Waals surface area contributed by atoms with Gasteiger partial charge in [-0.3, -0.25) is 4.79 Å². The summed E-state index contributed by atoms with van der Waals surface area (Å²) in [5.41, 5.74) is -1.14. The molecule has 1 aliphatic carbocycles. The van der Waals surface area contributed by atoms with Crippen LogP contribution in [0.15, 0.2) is 12.2 Å². The molecule has 27 heavy (non-hydrogen) atoms. The lowest BCUT2D eigenvalue weighted by Gasteiger charge is -2.40. The Morgan fingerprint density at radius 2 is 1.96 bits per heavy atom. The van der Waals surface area contributed by atoms with Crippen molar-refractivity contribution in [3.05, 3.63) is 12.2 Å². The van der Waals surface area contributed by atoms with Gasteiger partial charge < -0.3 is 9.16 Å². The van der Waals surface area contributed by atoms with Crippen LogP contribution in [-0.2, 0) is 14.0 Å². The number of carbonyl (C=O) groups excluding carboxylic acids is 1. The molecule has 0 aromatic carbocycles. The molecule has 0 N–H and O–H groups in total. The second-order valence-corrected chi connectivity index (χ2v) is 15.0. The van der Waals surface area contributed by atoms with E-state index < -0.39 is 13.9 Å². The van der Waals surface area contributed by atoms with Crippen molar-refractivity contribution in [2.45, 2.75) is 71.2 Å². The Morgan fingerprint density at radius 3 is 2.48 bits per heavy atom. The van der Waals surface area contributed by atoms with Crippen molar-refractivity contribution in [2.24, 2.45) is 17.8 Å². The SMILES string of the molecule is C#CC(C)(OCSC)C(=O)C[C@H]1CC=C[C@@H](C)[C@H]1CO[Si](C)(C)C(C)(C)C. The van der Waals surface area contributed by atoms with Gasteiger partial charge in [0.05, 0.1) is 5.94 Å². The molecule has 3 nitrogen and oxygen atoms in total. The van der Waals surface area contributed by atoms with Crippen LogP contribution in [0.3, 0.4) is 0 Å². The fourth-order valence-electron chi connectivity index (χ4n) is 3.07. The van der Waals surface area contributed by atoms with E-state index in [0.717, 1.165) is 6.42 Å². The second-order valence-electron chi connectivity index (χ2n) is 9.37. The Bertz CT molecular complexity index is 573. The zero-order valence-corrected chi connectivity index (χ0v) is 20.2. The summed E-state index contributed by atoms with van der Waals surface area (Å²) in [6.07, 6.45) is 13.4. The number of ether oxygens (including phenoxy) is 1. The minimum Gasteiger partial charge on any atom is -0.417 e. The lowest BCUT2D eigenvalue weighted by molar-refractivity contribution is -0.135. The number of Topliss-reactive ketones (excluding diaryl/α,β-unsaturated/α-hetero) is 1. The van der Waals surface area contributed by atoms with Gasteiger partial charge in [0.1, 0.15) is 0 Å². The number of hydrogen-bond donors (Lipinski definition) is 0. The maximum absolute atomic E-state index is 12.9. The van der Waals surface area contributed by atoms with Crippen molar-refractivity contribution in [1.82, 2.24) is 0 Å². The molecular formula is C22H38O3SSi. The van der Waals surface area contributed by atoms with Gasteiger partial charge in [0, 0.05) is 13.0 Å². The van der Waals surface area contributed by atoms with Gasteiger partial charge in [-0.1, -0.05) is 45.8 Å². The maximum atomic E-state index is 12.9. The van der Waals surface area contributed by atoms with Crippen molar-refractivity contribution in [3.8, 4) is 12.3 Å². The van der Waals surface area contributed by atoms with E-state index in [0.29, 0.717) is 30.8 Å². The van der Waals surface area contributed by atoms with Gasteiger partial charge in [0.2, 0.25) is 0 Å². The van der Waals surface area contributed by atoms with Crippen LogP contribution in [0, 0.1) is 30.1 Å². The molecular weight excluding hydrogens is 372 g/mol. The molecule has 5 heteroatoms. The molecule has 154 valence electrons. The first kappa shape index (κ1) is 24.5. The van der Waals surface area contributed by atoms with Crippen molar-refractivity contribution in [2.75, 3.05) is 18.8 Å². The van der Waals surface area contributed by atoms with E-state index in [-0.39, 0.29) is 16.7 Å². The highest BCUT2D eigenvalue weighted by Gasteiger charge is 2.41. The Morgan fingerprint density at radius 1 is 1.33 bits per heavy atom. The van der Waals surface area contributed by atoms with Gasteiger partial charge >= 0.3 is 0 Å². The molecule has 0 spiro atoms. The Kier molecular flexibility index (Phi) is 8.87. The number of allylic oxidation sites excluding steroid dienone is 2. The normalized spacial score (nSPS) is 25.7. The third-order valence-electron chi connectivity index (χ3n) is 6.32. The van der Waals surface area contributed by atoms with Crippen LogP contribution in [0.1, 0.15) is 47.5 Å². The summed E-state index contributed by atoms with van der Waals surface area (Å²) >= 11 is 1.52. The minimum atomic E-state index is -1.82. The van der Waals surface area contributed by atoms with Crippen molar-refractivity contribution < 1.29 is 14.0 Å². The average Bonchev–Trinajstić information content (AvgIpc) is 2.58. The van der Waals surface area contributed by atoms with Gasteiger partial charge in [-0.2, -0.15) is 0 Å². The predicted octanol–water partition coefficient (Wildman–Crippen LogP) is 5.52. The van der Waals surface area contributed by atoms with E-state index in [1.807, 2.05) is 6.26 Å². The molecule has 4 atom stereocenters. The monoisotopic (exact) mass is 410 g/mol. The van der Waals surface area contributed by atoms with Crippen LogP contribution in [0.4, 0.5) is 0 Å². The van der Waals surface area contributed by atoms with Gasteiger partial charge in [-0.25, -0.2) is 0 Å². The topological polar surface area (TPSA) is 35.5 Å². The lowest BCUT2D eigenvalue weighted by atomic mass is 9.73. The average molecular weight is 411 g/mol. The van der Waals surface area contributed by atoms with E-state index in [1.54, 1.807) is 6.92 Å². The summed E-state index contributed by atoms with van der Waals surface area (Å²) < 4.78 is 12.2. The van der Waals surface area contributed by atoms with Crippen molar-refractivity contribution >= 4 is 25.9 Å². The molecule has 0 aromatic rings. The Hall–Kier alpha value is -0.543. The summed E-state index contributed by atoms with van der Waals surface area (Å²) in [5, 5.41) is 0.180. The van der Waals surface area contributed by atoms with Gasteiger partial charge in [-0.15, -0.1) is 18.2 Å². The summed E-state index contributed by atoms with van der Waals surface area (Å²) in [7, 11) is -1.82. The maximum Gasteiger partial charge on any atom is 0.191 e. The van der Waals surface area contributed by atoms with Gasteiger partial charge in [0.15, 0.2) is 19.7 Å². The summed E-state index contributed by atoms with van der Waals surface area (Å²) in [4.78, 5) is 12.9. The highest BCUT2D eigenvalue weighted by molar-refractivity contribution is 7.98. The molecule has 1 rings (SSSR count). The number of carbonyl (C=O) groups is 1. The summed E-state index contributed by atoms with van der Waals surface area (Å²) in [6.45, 7) is 16.0. The Labute approximate surface area is 172 Å². The first-order chi connectivity index (χ1) is 12.4. The zero-order chi connectivity index (χ0) is 20.9. The lowest BCUT2D eigenvalue weighted by Crippen LogP contribution is -2.44. The standard InChI is InChI=1S/C22H38O3SSi/c1-10-22(6,24-16-26-7)20(23)14-18-13-11-12-17(2)19(18)15-25-27(8,9)21(3,4)5/h1,11-12,17-19H,13-16H2,2-9H3/t17-,18-,19-,22?/m1/s1. The van der Waals surface area contributed by atoms with Gasteiger partial charge in [-0.05, 0) is 55.5 Å². The first-order valence-electron chi connectivity index (χ1n) is 9.82. The highest BCUT2D eigenvalue weighted by atomic mass is 32.2. The molecule has 1 aliphatic rings. The van der Waals surface area contributed by atoms with Crippen LogP contribution in [-0.4, -0.2) is 38.5 Å². The number of terminal acetylenes is 1. The number of thioether (sulfide) groups is 1. The third kappa shape index (κ3) is 6.49. The van der Waals surface area contributed by atoms with Crippen LogP contribution in [0.25, 0.3) is 0 Å². The summed E-state index contributed by atoms with van der Waals surface area (Å²) in [5.74, 6) is 3.97. The molecule has 0 aliphatic heterocycles. The summed E-state index contributed by atoms with van der Waals surface area (Å²) in [6, 6.07) is 0. The molecule has 0 bridgehead atoms. The fraction of sp³-hybridized carbons (Fsp3) is 0.773. The van der Waals surface area contributed by atoms with Crippen LogP contribution < -0.4 is 0 Å². The third-order valence-corrected chi connectivity index (χ3v) is 11.2. The molecule has 0 saturated carbocycles. The zero-order valence-electron chi connectivity index (χ0n) is 18.4. The molecule has 1 unspecified atom stereocenters. The smallest absolute Gasteiger partial charge is 0.191 e. The quantitative estimate of drug-likeness (QED) is 0.217. The van der Waals surface area contributed by atoms with Crippen LogP contribution >= 0.6 is 11.8 Å². The second kappa shape index (κ2) is 9.78. The van der Waals surface area contributed by atoms with E-state index in [1.165, 1.54) is 11.8 Å². The molecule has 0 saturated heterocycles. The number of ketones is 1. The largest absolute Gasteiger partial charge is 0.417 e.